The van der Waals surface area contributed by atoms with Crippen LogP contribution in [0.3, 0.4) is 0 Å². The number of anilines is 1. The summed E-state index contributed by atoms with van der Waals surface area (Å²) >= 11 is 2.88. The van der Waals surface area contributed by atoms with Gasteiger partial charge in [-0.25, -0.2) is 13.6 Å². The number of carbonyl (C=O) groups excluding carboxylic acids is 1. The monoisotopic (exact) mass is 318 g/mol. The molecular weight excluding hydrogens is 306 g/mol. The van der Waals surface area contributed by atoms with Gasteiger partial charge in [-0.2, -0.15) is 0 Å². The first-order valence-corrected chi connectivity index (χ1v) is 6.57. The topological polar surface area (TPSA) is 32.3 Å². The smallest absolute Gasteiger partial charge is 0.321 e. The van der Waals surface area contributed by atoms with Crippen LogP contribution in [0.4, 0.5) is 19.3 Å². The van der Waals surface area contributed by atoms with Crippen molar-refractivity contribution in [1.82, 2.24) is 4.90 Å². The van der Waals surface area contributed by atoms with Crippen LogP contribution in [-0.2, 0) is 0 Å². The van der Waals surface area contributed by atoms with Gasteiger partial charge >= 0.3 is 6.03 Å². The van der Waals surface area contributed by atoms with Gasteiger partial charge in [0.2, 0.25) is 0 Å². The number of nitrogens with zero attached hydrogens (tertiary/aromatic N) is 1. The van der Waals surface area contributed by atoms with E-state index in [0.29, 0.717) is 13.1 Å². The van der Waals surface area contributed by atoms with E-state index in [1.165, 1.54) is 0 Å². The third-order valence-electron chi connectivity index (χ3n) is 2.89. The molecule has 1 aliphatic rings. The largest absolute Gasteiger partial charge is 0.325 e. The summed E-state index contributed by atoms with van der Waals surface area (Å²) in [5.74, 6) is -1.26. The second-order valence-corrected chi connectivity index (χ2v) is 5.08. The third-order valence-corrected chi connectivity index (χ3v) is 3.50. The molecule has 1 fully saturated rings. The molecule has 0 unspecified atom stereocenters. The molecule has 1 aromatic carbocycles. The van der Waals surface area contributed by atoms with Crippen molar-refractivity contribution < 1.29 is 13.6 Å². The lowest BCUT2D eigenvalue weighted by Crippen LogP contribution is -2.38. The molecule has 0 bridgehead atoms. The zero-order valence-electron chi connectivity index (χ0n) is 9.68. The summed E-state index contributed by atoms with van der Waals surface area (Å²) in [6.07, 6.45) is 3.00. The van der Waals surface area contributed by atoms with Crippen LogP contribution in [0.1, 0.15) is 19.3 Å². The number of piperidine rings is 1. The van der Waals surface area contributed by atoms with E-state index in [0.717, 1.165) is 31.4 Å². The van der Waals surface area contributed by atoms with Gasteiger partial charge in [0.25, 0.3) is 0 Å². The Kier molecular flexibility index (Phi) is 4.16. The summed E-state index contributed by atoms with van der Waals surface area (Å²) in [5.41, 5.74) is -0.133. The standard InChI is InChI=1S/C12H13BrF2N2O/c13-8-6-10(15)11(7-9(8)14)16-12(18)17-4-2-1-3-5-17/h6-7H,1-5H2,(H,16,18). The summed E-state index contributed by atoms with van der Waals surface area (Å²) < 4.78 is 26.8. The second kappa shape index (κ2) is 5.65. The molecule has 3 nitrogen and oxygen atoms in total. The van der Waals surface area contributed by atoms with Gasteiger partial charge in [0, 0.05) is 19.2 Å². The summed E-state index contributed by atoms with van der Waals surface area (Å²) in [6, 6.07) is 1.60. The minimum absolute atomic E-state index is 0.0379. The van der Waals surface area contributed by atoms with Crippen LogP contribution < -0.4 is 5.32 Å². The lowest BCUT2D eigenvalue weighted by Gasteiger charge is -2.26. The Bertz CT molecular complexity index is 462. The van der Waals surface area contributed by atoms with Crippen LogP contribution in [-0.4, -0.2) is 24.0 Å². The molecule has 2 rings (SSSR count). The molecule has 0 aromatic heterocycles. The minimum Gasteiger partial charge on any atom is -0.325 e. The van der Waals surface area contributed by atoms with Crippen molar-refractivity contribution in [3.63, 3.8) is 0 Å². The lowest BCUT2D eigenvalue weighted by molar-refractivity contribution is 0.200. The van der Waals surface area contributed by atoms with Gasteiger partial charge in [-0.05, 0) is 41.3 Å². The second-order valence-electron chi connectivity index (χ2n) is 4.22. The Balaban J connectivity index is 2.08. The molecule has 1 aromatic rings. The van der Waals surface area contributed by atoms with Crippen molar-refractivity contribution in [2.45, 2.75) is 19.3 Å². The number of halogens is 3. The number of amides is 2. The quantitative estimate of drug-likeness (QED) is 0.786. The van der Waals surface area contributed by atoms with E-state index in [1.54, 1.807) is 4.90 Å². The summed E-state index contributed by atoms with van der Waals surface area (Å²) in [5, 5.41) is 2.40. The molecule has 1 heterocycles. The van der Waals surface area contributed by atoms with Crippen LogP contribution in [0.5, 0.6) is 0 Å². The maximum Gasteiger partial charge on any atom is 0.321 e. The lowest BCUT2D eigenvalue weighted by atomic mass is 10.1. The molecule has 1 aliphatic heterocycles. The fourth-order valence-electron chi connectivity index (χ4n) is 1.91. The molecule has 0 atom stereocenters. The predicted octanol–water partition coefficient (Wildman–Crippen LogP) is 3.75. The SMILES string of the molecule is O=C(Nc1cc(F)c(Br)cc1F)N1CCCCC1. The highest BCUT2D eigenvalue weighted by Crippen LogP contribution is 2.23. The number of urea groups is 1. The molecule has 0 radical (unpaired) electrons. The highest BCUT2D eigenvalue weighted by molar-refractivity contribution is 9.10. The third kappa shape index (κ3) is 2.98. The van der Waals surface area contributed by atoms with Crippen molar-refractivity contribution >= 4 is 27.6 Å². The molecule has 18 heavy (non-hydrogen) atoms. The summed E-state index contributed by atoms with van der Waals surface area (Å²) in [7, 11) is 0. The molecule has 0 aliphatic carbocycles. The summed E-state index contributed by atoms with van der Waals surface area (Å²) in [4.78, 5) is 13.4. The van der Waals surface area contributed by atoms with Gasteiger partial charge in [-0.3, -0.25) is 0 Å². The maximum absolute atomic E-state index is 13.5. The highest BCUT2D eigenvalue weighted by Gasteiger charge is 2.18. The first-order valence-electron chi connectivity index (χ1n) is 5.78. The first kappa shape index (κ1) is 13.3. The van der Waals surface area contributed by atoms with Crippen molar-refractivity contribution in [3.05, 3.63) is 28.2 Å². The van der Waals surface area contributed by atoms with Gasteiger partial charge in [0.05, 0.1) is 10.2 Å². The normalized spacial score (nSPS) is 15.6. The fraction of sp³-hybridized carbons (Fsp3) is 0.417. The zero-order chi connectivity index (χ0) is 13.1. The first-order chi connectivity index (χ1) is 8.58. The average Bonchev–Trinajstić information content (AvgIpc) is 2.37. The van der Waals surface area contributed by atoms with Gasteiger partial charge in [0.1, 0.15) is 11.6 Å². The number of carbonyl (C=O) groups is 1. The van der Waals surface area contributed by atoms with Crippen LogP contribution >= 0.6 is 15.9 Å². The van der Waals surface area contributed by atoms with E-state index in [-0.39, 0.29) is 16.2 Å². The van der Waals surface area contributed by atoms with Crippen molar-refractivity contribution in [2.75, 3.05) is 18.4 Å². The molecule has 0 spiro atoms. The molecular formula is C12H13BrF2N2O. The fourth-order valence-corrected chi connectivity index (χ4v) is 2.23. The Labute approximate surface area is 112 Å². The van der Waals surface area contributed by atoms with E-state index < -0.39 is 11.6 Å². The molecule has 6 heteroatoms. The van der Waals surface area contributed by atoms with Gasteiger partial charge < -0.3 is 10.2 Å². The number of rotatable bonds is 1. The zero-order valence-corrected chi connectivity index (χ0v) is 11.3. The Hall–Kier alpha value is -1.17. The number of nitrogens with one attached hydrogen (secondary N) is 1. The number of hydrogen-bond acceptors (Lipinski definition) is 1. The van der Waals surface area contributed by atoms with Gasteiger partial charge in [0.15, 0.2) is 0 Å². The number of benzene rings is 1. The van der Waals surface area contributed by atoms with E-state index in [1.807, 2.05) is 0 Å². The van der Waals surface area contributed by atoms with Gasteiger partial charge in [-0.15, -0.1) is 0 Å². The molecule has 1 saturated heterocycles. The Morgan fingerprint density at radius 2 is 1.83 bits per heavy atom. The highest BCUT2D eigenvalue weighted by atomic mass is 79.9. The molecule has 2 amide bonds. The van der Waals surface area contributed by atoms with Gasteiger partial charge in [-0.1, -0.05) is 0 Å². The Morgan fingerprint density at radius 3 is 2.50 bits per heavy atom. The predicted molar refractivity (Wildman–Crippen MR) is 68.5 cm³/mol. The van der Waals surface area contributed by atoms with E-state index >= 15 is 0 Å². The Morgan fingerprint density at radius 1 is 1.17 bits per heavy atom. The molecule has 0 saturated carbocycles. The molecule has 1 N–H and O–H groups in total. The van der Waals surface area contributed by atoms with Crippen molar-refractivity contribution in [3.8, 4) is 0 Å². The minimum atomic E-state index is -0.659. The van der Waals surface area contributed by atoms with E-state index in [4.69, 9.17) is 0 Å². The van der Waals surface area contributed by atoms with Crippen molar-refractivity contribution in [2.24, 2.45) is 0 Å². The number of hydrogen-bond donors (Lipinski definition) is 1. The van der Waals surface area contributed by atoms with Crippen molar-refractivity contribution in [1.29, 1.82) is 0 Å². The van der Waals surface area contributed by atoms with Crippen LogP contribution in [0.15, 0.2) is 16.6 Å². The van der Waals surface area contributed by atoms with Crippen LogP contribution in [0, 0.1) is 11.6 Å². The van der Waals surface area contributed by atoms with Crippen LogP contribution in [0.25, 0.3) is 0 Å². The average molecular weight is 319 g/mol. The number of likely N-dealkylation sites (tertiary alicyclic amines) is 1. The maximum atomic E-state index is 13.5. The molecule has 98 valence electrons. The van der Waals surface area contributed by atoms with E-state index in [2.05, 4.69) is 21.2 Å². The van der Waals surface area contributed by atoms with Crippen LogP contribution in [0.2, 0.25) is 0 Å². The summed E-state index contributed by atoms with van der Waals surface area (Å²) in [6.45, 7) is 1.32. The van der Waals surface area contributed by atoms with E-state index in [9.17, 15) is 13.6 Å².